The lowest BCUT2D eigenvalue weighted by molar-refractivity contribution is -0.163. The van der Waals surface area contributed by atoms with Crippen molar-refractivity contribution in [1.82, 2.24) is 0 Å². The smallest absolute Gasteiger partial charge is 0.313 e. The van der Waals surface area contributed by atoms with Crippen molar-refractivity contribution in [3.8, 4) is 0 Å². The topological polar surface area (TPSA) is 43.4 Å². The van der Waals surface area contributed by atoms with Crippen LogP contribution < -0.4 is 0 Å². The Hall–Kier alpha value is -0.510. The number of esters is 1. The Bertz CT molecular complexity index is 336. The summed E-state index contributed by atoms with van der Waals surface area (Å²) in [6, 6.07) is 0. The Labute approximate surface area is 88.6 Å². The second-order valence-electron chi connectivity index (χ2n) is 4.98. The largest absolute Gasteiger partial charge is 0.449 e. The van der Waals surface area contributed by atoms with Gasteiger partial charge in [-0.15, -0.1) is 12.6 Å². The zero-order valence-electron chi connectivity index (χ0n) is 8.59. The van der Waals surface area contributed by atoms with Crippen LogP contribution in [0, 0.1) is 10.8 Å². The predicted octanol–water partition coefficient (Wildman–Crippen LogP) is 1.56. The number of ether oxygens (including phenoxy) is 1. The van der Waals surface area contributed by atoms with Crippen LogP contribution in [0.3, 0.4) is 0 Å². The van der Waals surface area contributed by atoms with Crippen LogP contribution in [-0.2, 0) is 14.3 Å². The fraction of sp³-hybridized carbons (Fsp3) is 0.800. The lowest BCUT2D eigenvalue weighted by Gasteiger charge is -2.33. The molecule has 0 amide bonds. The SMILES string of the molecule is CC1(C)[C@@]2(C)CC[C@]1(C(=O)S)OC2=O. The van der Waals surface area contributed by atoms with Crippen molar-refractivity contribution in [2.45, 2.75) is 39.2 Å². The van der Waals surface area contributed by atoms with Gasteiger partial charge in [0.1, 0.15) is 0 Å². The van der Waals surface area contributed by atoms with Gasteiger partial charge in [-0.2, -0.15) is 0 Å². The molecule has 2 fully saturated rings. The summed E-state index contributed by atoms with van der Waals surface area (Å²) in [6.45, 7) is 5.71. The van der Waals surface area contributed by atoms with E-state index in [-0.39, 0.29) is 11.1 Å². The van der Waals surface area contributed by atoms with Crippen molar-refractivity contribution in [3.63, 3.8) is 0 Å². The third-order valence-electron chi connectivity index (χ3n) is 4.43. The van der Waals surface area contributed by atoms with E-state index >= 15 is 0 Å². The number of carbonyl (C=O) groups is 2. The van der Waals surface area contributed by atoms with Gasteiger partial charge in [-0.05, 0) is 19.8 Å². The molecule has 0 aromatic heterocycles. The van der Waals surface area contributed by atoms with Crippen LogP contribution in [0.1, 0.15) is 33.6 Å². The summed E-state index contributed by atoms with van der Waals surface area (Å²) < 4.78 is 5.26. The van der Waals surface area contributed by atoms with Gasteiger partial charge in [-0.25, -0.2) is 0 Å². The van der Waals surface area contributed by atoms with Crippen molar-refractivity contribution in [1.29, 1.82) is 0 Å². The Morgan fingerprint density at radius 1 is 1.36 bits per heavy atom. The van der Waals surface area contributed by atoms with Crippen LogP contribution in [0.2, 0.25) is 0 Å². The molecule has 1 saturated carbocycles. The highest BCUT2D eigenvalue weighted by Crippen LogP contribution is 2.65. The molecule has 0 radical (unpaired) electrons. The van der Waals surface area contributed by atoms with E-state index in [2.05, 4.69) is 12.6 Å². The predicted molar refractivity (Wildman–Crippen MR) is 53.9 cm³/mol. The molecule has 1 aliphatic carbocycles. The fourth-order valence-corrected chi connectivity index (χ4v) is 3.16. The second-order valence-corrected chi connectivity index (χ2v) is 5.38. The van der Waals surface area contributed by atoms with Gasteiger partial charge in [0.25, 0.3) is 0 Å². The maximum atomic E-state index is 11.7. The molecular weight excluding hydrogens is 200 g/mol. The van der Waals surface area contributed by atoms with Crippen LogP contribution >= 0.6 is 12.6 Å². The minimum absolute atomic E-state index is 0.254. The van der Waals surface area contributed by atoms with E-state index in [0.29, 0.717) is 12.8 Å². The van der Waals surface area contributed by atoms with Gasteiger partial charge in [-0.1, -0.05) is 13.8 Å². The van der Waals surface area contributed by atoms with Gasteiger partial charge < -0.3 is 4.74 Å². The maximum Gasteiger partial charge on any atom is 0.313 e. The lowest BCUT2D eigenvalue weighted by Crippen LogP contribution is -2.45. The molecule has 0 aromatic rings. The number of hydrogen-bond donors (Lipinski definition) is 1. The minimum atomic E-state index is -0.984. The van der Waals surface area contributed by atoms with Gasteiger partial charge in [0.05, 0.1) is 5.41 Å². The van der Waals surface area contributed by atoms with E-state index in [0.717, 1.165) is 0 Å². The first-order chi connectivity index (χ1) is 6.28. The monoisotopic (exact) mass is 214 g/mol. The van der Waals surface area contributed by atoms with E-state index in [9.17, 15) is 9.59 Å². The molecule has 2 aliphatic rings. The van der Waals surface area contributed by atoms with Crippen molar-refractivity contribution in [3.05, 3.63) is 0 Å². The van der Waals surface area contributed by atoms with Crippen molar-refractivity contribution >= 4 is 23.7 Å². The molecule has 1 saturated heterocycles. The molecule has 0 unspecified atom stereocenters. The fourth-order valence-electron chi connectivity index (χ4n) is 2.72. The summed E-state index contributed by atoms with van der Waals surface area (Å²) in [4.78, 5) is 23.2. The summed E-state index contributed by atoms with van der Waals surface area (Å²) in [7, 11) is 0. The zero-order chi connectivity index (χ0) is 10.8. The first-order valence-corrected chi connectivity index (χ1v) is 5.19. The van der Waals surface area contributed by atoms with E-state index < -0.39 is 16.4 Å². The average Bonchev–Trinajstić information content (AvgIpc) is 2.34. The van der Waals surface area contributed by atoms with Gasteiger partial charge >= 0.3 is 5.97 Å². The summed E-state index contributed by atoms with van der Waals surface area (Å²) in [5.74, 6) is -0.254. The van der Waals surface area contributed by atoms with Crippen LogP contribution in [0.5, 0.6) is 0 Å². The Balaban J connectivity index is 2.60. The van der Waals surface area contributed by atoms with Crippen LogP contribution in [-0.4, -0.2) is 16.7 Å². The summed E-state index contributed by atoms with van der Waals surface area (Å²) in [5, 5.41) is -0.322. The number of thiol groups is 1. The first kappa shape index (κ1) is 10.0. The third kappa shape index (κ3) is 0.734. The molecule has 1 heterocycles. The van der Waals surface area contributed by atoms with Crippen LogP contribution in [0.4, 0.5) is 0 Å². The average molecular weight is 214 g/mol. The first-order valence-electron chi connectivity index (χ1n) is 4.75. The van der Waals surface area contributed by atoms with Crippen molar-refractivity contribution in [2.75, 3.05) is 0 Å². The molecule has 2 atom stereocenters. The van der Waals surface area contributed by atoms with E-state index in [4.69, 9.17) is 4.74 Å². The summed E-state index contributed by atoms with van der Waals surface area (Å²) >= 11 is 3.86. The maximum absolute atomic E-state index is 11.7. The zero-order valence-corrected chi connectivity index (χ0v) is 9.48. The number of hydrogen-bond acceptors (Lipinski definition) is 3. The minimum Gasteiger partial charge on any atom is -0.449 e. The lowest BCUT2D eigenvalue weighted by atomic mass is 9.67. The number of fused-ring (bicyclic) bond motifs is 2. The molecule has 0 spiro atoms. The highest BCUT2D eigenvalue weighted by atomic mass is 32.1. The summed E-state index contributed by atoms with van der Waals surface area (Å²) in [6.07, 6.45) is 1.32. The Morgan fingerprint density at radius 3 is 2.14 bits per heavy atom. The van der Waals surface area contributed by atoms with Gasteiger partial charge in [0.2, 0.25) is 5.12 Å². The molecule has 2 rings (SSSR count). The highest BCUT2D eigenvalue weighted by Gasteiger charge is 2.74. The molecule has 0 aromatic carbocycles. The normalized spacial score (nSPS) is 43.9. The molecular formula is C10H14O3S. The highest BCUT2D eigenvalue weighted by molar-refractivity contribution is 7.96. The number of rotatable bonds is 1. The van der Waals surface area contributed by atoms with Crippen LogP contribution in [0.15, 0.2) is 0 Å². The molecule has 2 bridgehead atoms. The van der Waals surface area contributed by atoms with Crippen LogP contribution in [0.25, 0.3) is 0 Å². The van der Waals surface area contributed by atoms with Gasteiger partial charge in [-0.3, -0.25) is 9.59 Å². The second kappa shape index (κ2) is 2.35. The molecule has 1 aliphatic heterocycles. The molecule has 3 nitrogen and oxygen atoms in total. The molecule has 0 N–H and O–H groups in total. The van der Waals surface area contributed by atoms with E-state index in [1.807, 2.05) is 20.8 Å². The molecule has 4 heteroatoms. The van der Waals surface area contributed by atoms with Crippen molar-refractivity contribution in [2.24, 2.45) is 10.8 Å². The third-order valence-corrected chi connectivity index (χ3v) is 4.79. The van der Waals surface area contributed by atoms with Crippen molar-refractivity contribution < 1.29 is 14.3 Å². The summed E-state index contributed by atoms with van der Waals surface area (Å²) in [5.41, 5.74) is -1.96. The standard InChI is InChI=1S/C10H14O3S/c1-8(2)9(3)4-5-10(8,7(12)14)13-6(9)11/h4-5H2,1-3H3,(H,12,14)/t9-,10+/m0/s1. The van der Waals surface area contributed by atoms with Gasteiger partial charge in [0, 0.05) is 5.41 Å². The van der Waals surface area contributed by atoms with Gasteiger partial charge in [0.15, 0.2) is 5.60 Å². The Morgan fingerprint density at radius 2 is 1.93 bits per heavy atom. The van der Waals surface area contributed by atoms with E-state index in [1.54, 1.807) is 0 Å². The quantitative estimate of drug-likeness (QED) is 0.532. The Kier molecular flexibility index (Phi) is 1.68. The molecule has 78 valence electrons. The molecule has 14 heavy (non-hydrogen) atoms. The van der Waals surface area contributed by atoms with E-state index in [1.165, 1.54) is 0 Å². The number of carbonyl (C=O) groups excluding carboxylic acids is 2.